The van der Waals surface area contributed by atoms with E-state index in [1.807, 2.05) is 0 Å². The van der Waals surface area contributed by atoms with E-state index in [0.717, 1.165) is 102 Å². The monoisotopic (exact) mass is 1520 g/mol. The van der Waals surface area contributed by atoms with E-state index in [0.29, 0.717) is 25.7 Å². The van der Waals surface area contributed by atoms with E-state index in [9.17, 15) is 43.2 Å². The molecule has 0 aliphatic heterocycles. The van der Waals surface area contributed by atoms with Crippen LogP contribution in [0.1, 0.15) is 458 Å². The SMILES string of the molecule is CCCCCCCCCCCCCCCCCCCCCCCCC(=O)OC[C@H](COP(=O)(O)OC[C@@H](O)COP(=O)(O)OC[C@@H](COC(=O)CCCCCCCCCC)OC(=O)CCCCCCCCCCCC(C)C)OC(=O)CCCCCCCCCCCCCCCCCCCCCCCC. The van der Waals surface area contributed by atoms with E-state index in [1.54, 1.807) is 0 Å². The third-order valence-electron chi connectivity index (χ3n) is 20.0. The maximum atomic E-state index is 13.1. The summed E-state index contributed by atoms with van der Waals surface area (Å²) in [7, 11) is -9.92. The summed E-state index contributed by atoms with van der Waals surface area (Å²) in [5.74, 6) is -1.37. The minimum absolute atomic E-state index is 0.106. The predicted octanol–water partition coefficient (Wildman–Crippen LogP) is 26.0. The fraction of sp³-hybridized carbons (Fsp3) is 0.953. The van der Waals surface area contributed by atoms with Crippen LogP contribution in [0.4, 0.5) is 0 Å². The largest absolute Gasteiger partial charge is 0.472 e. The van der Waals surface area contributed by atoms with Gasteiger partial charge in [-0.15, -0.1) is 0 Å². The van der Waals surface area contributed by atoms with Crippen LogP contribution in [0.2, 0.25) is 0 Å². The number of aliphatic hydroxyl groups excluding tert-OH is 1. The summed E-state index contributed by atoms with van der Waals surface area (Å²) in [5, 5.41) is 10.6. The van der Waals surface area contributed by atoms with Gasteiger partial charge in [0.2, 0.25) is 0 Å². The smallest absolute Gasteiger partial charge is 0.462 e. The number of phosphoric ester groups is 2. The van der Waals surface area contributed by atoms with Crippen molar-refractivity contribution < 1.29 is 80.2 Å². The Morgan fingerprint density at radius 1 is 0.260 bits per heavy atom. The molecule has 5 atom stereocenters. The van der Waals surface area contributed by atoms with Gasteiger partial charge in [-0.25, -0.2) is 9.13 Å². The zero-order valence-corrected chi connectivity index (χ0v) is 70.0. The highest BCUT2D eigenvalue weighted by Crippen LogP contribution is 2.45. The van der Waals surface area contributed by atoms with E-state index in [2.05, 4.69) is 34.6 Å². The fourth-order valence-corrected chi connectivity index (χ4v) is 14.9. The molecule has 0 fully saturated rings. The van der Waals surface area contributed by atoms with Crippen LogP contribution in [-0.2, 0) is 65.4 Å². The van der Waals surface area contributed by atoms with Crippen molar-refractivity contribution in [3.05, 3.63) is 0 Å². The van der Waals surface area contributed by atoms with Crippen molar-refractivity contribution in [3.63, 3.8) is 0 Å². The zero-order chi connectivity index (χ0) is 76.2. The van der Waals surface area contributed by atoms with Crippen molar-refractivity contribution in [2.24, 2.45) is 5.92 Å². The highest BCUT2D eigenvalue weighted by atomic mass is 31.2. The van der Waals surface area contributed by atoms with Crippen LogP contribution in [0, 0.1) is 5.92 Å². The van der Waals surface area contributed by atoms with Crippen molar-refractivity contribution in [3.8, 4) is 0 Å². The lowest BCUT2D eigenvalue weighted by Gasteiger charge is -2.21. The molecule has 0 radical (unpaired) electrons. The van der Waals surface area contributed by atoms with Crippen LogP contribution < -0.4 is 0 Å². The Hall–Kier alpha value is -1.94. The average molecular weight is 1520 g/mol. The molecule has 0 aromatic rings. The molecule has 19 heteroatoms. The predicted molar refractivity (Wildman–Crippen MR) is 428 cm³/mol. The number of carbonyl (C=O) groups excluding carboxylic acids is 4. The third-order valence-corrected chi connectivity index (χ3v) is 21.9. The number of ether oxygens (including phenoxy) is 4. The lowest BCUT2D eigenvalue weighted by atomic mass is 10.0. The van der Waals surface area contributed by atoms with Gasteiger partial charge in [0.25, 0.3) is 0 Å². The molecule has 0 aliphatic rings. The van der Waals surface area contributed by atoms with E-state index in [-0.39, 0.29) is 25.7 Å². The minimum atomic E-state index is -4.96. The first-order chi connectivity index (χ1) is 50.5. The second-order valence-corrected chi connectivity index (χ2v) is 34.0. The number of hydrogen-bond acceptors (Lipinski definition) is 15. The molecule has 618 valence electrons. The van der Waals surface area contributed by atoms with Crippen LogP contribution in [0.3, 0.4) is 0 Å². The Kier molecular flexibility index (Phi) is 76.3. The van der Waals surface area contributed by atoms with Gasteiger partial charge in [-0.05, 0) is 31.6 Å². The van der Waals surface area contributed by atoms with Crippen LogP contribution in [0.5, 0.6) is 0 Å². The normalized spacial score (nSPS) is 13.8. The summed E-state index contributed by atoms with van der Waals surface area (Å²) in [6.45, 7) is 7.29. The molecular formula is C85H166O17P2. The summed E-state index contributed by atoms with van der Waals surface area (Å²) in [6.07, 6.45) is 71.3. The number of esters is 4. The standard InChI is InChI=1S/C85H166O17P2/c1-6-9-12-15-18-21-23-25-27-29-31-33-35-37-39-41-43-45-49-54-59-64-69-83(88)96-75-81(101-84(89)70-65-60-55-50-46-44-42-40-38-36-34-32-30-28-26-24-22-19-16-13-10-7-2)77-100-104(93,94)98-73-79(86)72-97-103(91,92)99-76-80(74-95-82(87)68-63-58-53-20-17-14-11-8-3)102-85(90)71-66-61-56-51-47-48-52-57-62-67-78(4)5/h78-81,86H,6-77H2,1-5H3,(H,91,92)(H,93,94)/t79-,80+,81+/m0/s1. The Labute approximate surface area is 638 Å². The second-order valence-electron chi connectivity index (χ2n) is 31.1. The molecule has 0 aliphatic carbocycles. The number of hydrogen-bond donors (Lipinski definition) is 3. The summed E-state index contributed by atoms with van der Waals surface area (Å²) in [4.78, 5) is 73.0. The number of rotatable bonds is 85. The van der Waals surface area contributed by atoms with Gasteiger partial charge in [-0.1, -0.05) is 407 Å². The summed E-state index contributed by atoms with van der Waals surface area (Å²) in [5.41, 5.74) is 0. The molecule has 104 heavy (non-hydrogen) atoms. The van der Waals surface area contributed by atoms with Gasteiger partial charge < -0.3 is 33.8 Å². The van der Waals surface area contributed by atoms with Gasteiger partial charge in [0, 0.05) is 25.7 Å². The highest BCUT2D eigenvalue weighted by molar-refractivity contribution is 7.47. The molecule has 3 N–H and O–H groups in total. The Morgan fingerprint density at radius 3 is 0.654 bits per heavy atom. The third kappa shape index (κ3) is 78.2. The molecule has 17 nitrogen and oxygen atoms in total. The lowest BCUT2D eigenvalue weighted by molar-refractivity contribution is -0.161. The molecule has 0 saturated carbocycles. The van der Waals surface area contributed by atoms with Crippen LogP contribution >= 0.6 is 15.6 Å². The van der Waals surface area contributed by atoms with Crippen molar-refractivity contribution in [1.82, 2.24) is 0 Å². The molecule has 0 amide bonds. The van der Waals surface area contributed by atoms with Crippen molar-refractivity contribution >= 4 is 39.5 Å². The lowest BCUT2D eigenvalue weighted by Crippen LogP contribution is -2.30. The van der Waals surface area contributed by atoms with Crippen molar-refractivity contribution in [1.29, 1.82) is 0 Å². The van der Waals surface area contributed by atoms with Gasteiger partial charge in [0.15, 0.2) is 12.2 Å². The Morgan fingerprint density at radius 2 is 0.442 bits per heavy atom. The van der Waals surface area contributed by atoms with E-state index in [1.165, 1.54) is 276 Å². The van der Waals surface area contributed by atoms with Crippen LogP contribution in [0.25, 0.3) is 0 Å². The van der Waals surface area contributed by atoms with Gasteiger partial charge in [0.1, 0.15) is 19.3 Å². The average Bonchev–Trinajstić information content (AvgIpc) is 0.916. The fourth-order valence-electron chi connectivity index (χ4n) is 13.3. The first kappa shape index (κ1) is 102. The first-order valence-electron chi connectivity index (χ1n) is 44.1. The van der Waals surface area contributed by atoms with Gasteiger partial charge in [0.05, 0.1) is 26.4 Å². The number of carbonyl (C=O) groups is 4. The molecule has 0 bridgehead atoms. The Bertz CT molecular complexity index is 1980. The topological polar surface area (TPSA) is 237 Å². The number of unbranched alkanes of at least 4 members (excludes halogenated alkanes) is 57. The summed E-state index contributed by atoms with van der Waals surface area (Å²) >= 11 is 0. The maximum absolute atomic E-state index is 13.1. The Balaban J connectivity index is 5.15. The van der Waals surface area contributed by atoms with E-state index >= 15 is 0 Å². The second kappa shape index (κ2) is 77.8. The van der Waals surface area contributed by atoms with Gasteiger partial charge in [-0.2, -0.15) is 0 Å². The first-order valence-corrected chi connectivity index (χ1v) is 47.1. The minimum Gasteiger partial charge on any atom is -0.462 e. The quantitative estimate of drug-likeness (QED) is 0.0222. The molecule has 0 aromatic heterocycles. The molecule has 2 unspecified atom stereocenters. The van der Waals surface area contributed by atoms with Crippen molar-refractivity contribution in [2.75, 3.05) is 39.6 Å². The molecule has 0 rings (SSSR count). The zero-order valence-electron chi connectivity index (χ0n) is 68.2. The van der Waals surface area contributed by atoms with Crippen LogP contribution in [0.15, 0.2) is 0 Å². The number of aliphatic hydroxyl groups is 1. The highest BCUT2D eigenvalue weighted by Gasteiger charge is 2.30. The summed E-state index contributed by atoms with van der Waals surface area (Å²) < 4.78 is 68.7. The van der Waals surface area contributed by atoms with Gasteiger partial charge in [-0.3, -0.25) is 37.3 Å². The van der Waals surface area contributed by atoms with Crippen LogP contribution in [-0.4, -0.2) is 96.7 Å². The van der Waals surface area contributed by atoms with E-state index < -0.39 is 97.5 Å². The molecule has 0 aromatic carbocycles. The summed E-state index contributed by atoms with van der Waals surface area (Å²) in [6, 6.07) is 0. The molecule has 0 spiro atoms. The molecular weight excluding hydrogens is 1350 g/mol. The maximum Gasteiger partial charge on any atom is 0.472 e. The number of phosphoric acid groups is 2. The molecule has 0 heterocycles. The molecule has 0 saturated heterocycles. The van der Waals surface area contributed by atoms with Gasteiger partial charge >= 0.3 is 39.5 Å². The van der Waals surface area contributed by atoms with E-state index in [4.69, 9.17) is 37.0 Å². The van der Waals surface area contributed by atoms with Crippen molar-refractivity contribution in [2.45, 2.75) is 477 Å².